The van der Waals surface area contributed by atoms with Gasteiger partial charge in [0.05, 0.1) is 15.2 Å². The Labute approximate surface area is 99.7 Å². The molecule has 0 spiro atoms. The van der Waals surface area contributed by atoms with Crippen LogP contribution in [-0.4, -0.2) is 11.5 Å². The zero-order chi connectivity index (χ0) is 11.0. The lowest BCUT2D eigenvalue weighted by Gasteiger charge is -2.25. The van der Waals surface area contributed by atoms with E-state index in [-0.39, 0.29) is 0 Å². The van der Waals surface area contributed by atoms with E-state index in [1.54, 1.807) is 11.3 Å². The molecule has 84 valence electrons. The molecular formula is C13H16N2S. The van der Waals surface area contributed by atoms with Crippen molar-refractivity contribution in [3.8, 4) is 0 Å². The van der Waals surface area contributed by atoms with Gasteiger partial charge in [0.2, 0.25) is 0 Å². The minimum atomic E-state index is 0.902. The number of nitrogens with zero attached hydrogens (tertiary/aromatic N) is 1. The molecule has 1 aromatic carbocycles. The van der Waals surface area contributed by atoms with E-state index in [0.29, 0.717) is 0 Å². The van der Waals surface area contributed by atoms with Gasteiger partial charge in [0.15, 0.2) is 0 Å². The number of aromatic nitrogens is 1. The first-order valence-electron chi connectivity index (χ1n) is 5.92. The van der Waals surface area contributed by atoms with Crippen LogP contribution in [0.1, 0.15) is 24.3 Å². The maximum absolute atomic E-state index is 4.47. The molecule has 1 aromatic heterocycles. The molecule has 2 aromatic rings. The summed E-state index contributed by atoms with van der Waals surface area (Å²) in [6, 6.07) is 6.47. The van der Waals surface area contributed by atoms with E-state index in [4.69, 9.17) is 0 Å². The minimum absolute atomic E-state index is 0.902. The van der Waals surface area contributed by atoms with Gasteiger partial charge in [-0.25, -0.2) is 4.98 Å². The van der Waals surface area contributed by atoms with Crippen LogP contribution in [0.15, 0.2) is 18.2 Å². The van der Waals surface area contributed by atoms with E-state index in [2.05, 4.69) is 35.4 Å². The second-order valence-electron chi connectivity index (χ2n) is 4.59. The van der Waals surface area contributed by atoms with Gasteiger partial charge in [0, 0.05) is 12.2 Å². The van der Waals surface area contributed by atoms with Crippen LogP contribution in [0.25, 0.3) is 10.2 Å². The molecule has 0 bridgehead atoms. The van der Waals surface area contributed by atoms with Gasteiger partial charge in [0.1, 0.15) is 0 Å². The lowest BCUT2D eigenvalue weighted by atomic mass is 9.85. The van der Waals surface area contributed by atoms with Crippen molar-refractivity contribution in [3.05, 3.63) is 23.2 Å². The summed E-state index contributed by atoms with van der Waals surface area (Å²) in [5, 5.41) is 4.67. The molecule has 1 heterocycles. The van der Waals surface area contributed by atoms with Crippen molar-refractivity contribution in [2.24, 2.45) is 5.92 Å². The summed E-state index contributed by atoms with van der Waals surface area (Å²) in [4.78, 5) is 4.47. The summed E-state index contributed by atoms with van der Waals surface area (Å²) in [5.74, 6) is 0.902. The van der Waals surface area contributed by atoms with E-state index >= 15 is 0 Å². The second kappa shape index (κ2) is 4.06. The Balaban J connectivity index is 1.75. The van der Waals surface area contributed by atoms with Crippen LogP contribution in [0.5, 0.6) is 0 Å². The lowest BCUT2D eigenvalue weighted by molar-refractivity contribution is 0.333. The number of anilines is 1. The molecule has 3 rings (SSSR count). The fraction of sp³-hybridized carbons (Fsp3) is 0.462. The average Bonchev–Trinajstić information content (AvgIpc) is 2.55. The highest BCUT2D eigenvalue weighted by atomic mass is 32.1. The summed E-state index contributed by atoms with van der Waals surface area (Å²) in [6.45, 7) is 3.19. The molecule has 0 saturated heterocycles. The number of benzene rings is 1. The molecule has 2 nitrogen and oxygen atoms in total. The smallest absolute Gasteiger partial charge is 0.0907 e. The van der Waals surface area contributed by atoms with Crippen molar-refractivity contribution >= 4 is 27.2 Å². The first-order chi connectivity index (χ1) is 7.81. The van der Waals surface area contributed by atoms with Crippen LogP contribution in [0.3, 0.4) is 0 Å². The summed E-state index contributed by atoms with van der Waals surface area (Å²) in [7, 11) is 0. The van der Waals surface area contributed by atoms with Crippen LogP contribution in [0, 0.1) is 12.8 Å². The second-order valence-corrected chi connectivity index (χ2v) is 5.83. The van der Waals surface area contributed by atoms with Gasteiger partial charge in [0.25, 0.3) is 0 Å². The highest BCUT2D eigenvalue weighted by Crippen LogP contribution is 2.28. The van der Waals surface area contributed by atoms with Crippen molar-refractivity contribution in [1.29, 1.82) is 0 Å². The molecule has 3 heteroatoms. The zero-order valence-electron chi connectivity index (χ0n) is 9.49. The van der Waals surface area contributed by atoms with Gasteiger partial charge in [-0.05, 0) is 43.9 Å². The van der Waals surface area contributed by atoms with Crippen LogP contribution < -0.4 is 5.32 Å². The Morgan fingerprint density at radius 1 is 1.44 bits per heavy atom. The Kier molecular flexibility index (Phi) is 2.56. The topological polar surface area (TPSA) is 24.9 Å². The number of hydrogen-bond acceptors (Lipinski definition) is 3. The summed E-state index contributed by atoms with van der Waals surface area (Å²) < 4.78 is 1.29. The number of rotatable bonds is 3. The maximum Gasteiger partial charge on any atom is 0.0907 e. The first kappa shape index (κ1) is 10.1. The van der Waals surface area contributed by atoms with E-state index in [9.17, 15) is 0 Å². The molecule has 1 N–H and O–H groups in total. The third-order valence-electron chi connectivity index (χ3n) is 3.31. The molecule has 0 unspecified atom stereocenters. The summed E-state index contributed by atoms with van der Waals surface area (Å²) >= 11 is 1.77. The van der Waals surface area contributed by atoms with Gasteiger partial charge in [-0.15, -0.1) is 11.3 Å². The Bertz CT molecular complexity index is 500. The quantitative estimate of drug-likeness (QED) is 0.870. The fourth-order valence-electron chi connectivity index (χ4n) is 2.11. The predicted molar refractivity (Wildman–Crippen MR) is 70.2 cm³/mol. The van der Waals surface area contributed by atoms with Crippen molar-refractivity contribution in [2.75, 3.05) is 11.9 Å². The third kappa shape index (κ3) is 1.92. The van der Waals surface area contributed by atoms with Crippen LogP contribution in [-0.2, 0) is 0 Å². The molecular weight excluding hydrogens is 216 g/mol. The highest BCUT2D eigenvalue weighted by molar-refractivity contribution is 7.18. The number of thiazole rings is 1. The fourth-order valence-corrected chi connectivity index (χ4v) is 2.98. The summed E-state index contributed by atoms with van der Waals surface area (Å²) in [5.41, 5.74) is 2.36. The summed E-state index contributed by atoms with van der Waals surface area (Å²) in [6.07, 6.45) is 4.21. The molecule has 0 aliphatic heterocycles. The number of fused-ring (bicyclic) bond motifs is 1. The molecule has 1 aliphatic carbocycles. The molecule has 1 aliphatic rings. The number of nitrogens with one attached hydrogen (secondary N) is 1. The zero-order valence-corrected chi connectivity index (χ0v) is 10.3. The predicted octanol–water partition coefficient (Wildman–Crippen LogP) is 3.82. The molecule has 1 saturated carbocycles. The molecule has 0 amide bonds. The van der Waals surface area contributed by atoms with Crippen LogP contribution >= 0.6 is 11.3 Å². The van der Waals surface area contributed by atoms with Gasteiger partial charge < -0.3 is 5.32 Å². The Hall–Kier alpha value is -1.09. The van der Waals surface area contributed by atoms with Gasteiger partial charge in [-0.3, -0.25) is 0 Å². The van der Waals surface area contributed by atoms with Gasteiger partial charge in [-0.1, -0.05) is 6.42 Å². The van der Waals surface area contributed by atoms with Crippen molar-refractivity contribution in [1.82, 2.24) is 4.98 Å². The van der Waals surface area contributed by atoms with Crippen molar-refractivity contribution < 1.29 is 0 Å². The normalized spacial score (nSPS) is 16.3. The van der Waals surface area contributed by atoms with Gasteiger partial charge >= 0.3 is 0 Å². The van der Waals surface area contributed by atoms with E-state index < -0.39 is 0 Å². The minimum Gasteiger partial charge on any atom is -0.385 e. The highest BCUT2D eigenvalue weighted by Gasteiger charge is 2.16. The number of hydrogen-bond donors (Lipinski definition) is 1. The van der Waals surface area contributed by atoms with Crippen molar-refractivity contribution in [2.45, 2.75) is 26.2 Å². The lowest BCUT2D eigenvalue weighted by Crippen LogP contribution is -2.20. The van der Waals surface area contributed by atoms with E-state index in [1.165, 1.54) is 29.6 Å². The van der Waals surface area contributed by atoms with Crippen LogP contribution in [0.2, 0.25) is 0 Å². The van der Waals surface area contributed by atoms with Gasteiger partial charge in [-0.2, -0.15) is 0 Å². The maximum atomic E-state index is 4.47. The number of aryl methyl sites for hydroxylation is 1. The molecule has 1 fully saturated rings. The molecule has 16 heavy (non-hydrogen) atoms. The standard InChI is InChI=1S/C13H16N2S/c1-9-15-12-6-5-11(7-13(12)16-9)14-8-10-3-2-4-10/h5-7,10,14H,2-4,8H2,1H3. The third-order valence-corrected chi connectivity index (χ3v) is 4.25. The largest absolute Gasteiger partial charge is 0.385 e. The molecule has 0 radical (unpaired) electrons. The Morgan fingerprint density at radius 3 is 3.06 bits per heavy atom. The van der Waals surface area contributed by atoms with Crippen LogP contribution in [0.4, 0.5) is 5.69 Å². The average molecular weight is 232 g/mol. The van der Waals surface area contributed by atoms with E-state index in [0.717, 1.165) is 23.0 Å². The van der Waals surface area contributed by atoms with E-state index in [1.807, 2.05) is 0 Å². The SMILES string of the molecule is Cc1nc2ccc(NCC3CCC3)cc2s1. The first-order valence-corrected chi connectivity index (χ1v) is 6.74. The van der Waals surface area contributed by atoms with Crippen molar-refractivity contribution in [3.63, 3.8) is 0 Å². The monoisotopic (exact) mass is 232 g/mol. The molecule has 0 atom stereocenters. The Morgan fingerprint density at radius 2 is 2.31 bits per heavy atom.